The second kappa shape index (κ2) is 8.27. The van der Waals surface area contributed by atoms with Crippen molar-refractivity contribution in [1.82, 2.24) is 0 Å². The number of anilines is 1. The molecule has 0 radical (unpaired) electrons. The zero-order chi connectivity index (χ0) is 19.4. The summed E-state index contributed by atoms with van der Waals surface area (Å²) in [6.45, 7) is 6.47. The fourth-order valence-electron chi connectivity index (χ4n) is 2.70. The lowest BCUT2D eigenvalue weighted by molar-refractivity contribution is 0.103. The summed E-state index contributed by atoms with van der Waals surface area (Å²) in [4.78, 5) is 13.2. The lowest BCUT2D eigenvalue weighted by atomic mass is 10.1. The second-order valence-electron chi connectivity index (χ2n) is 6.53. The van der Waals surface area contributed by atoms with Crippen LogP contribution in [0.1, 0.15) is 31.9 Å². The molecule has 140 valence electrons. The number of rotatable bonds is 6. The van der Waals surface area contributed by atoms with E-state index in [0.29, 0.717) is 22.9 Å². The van der Waals surface area contributed by atoms with Gasteiger partial charge in [-0.2, -0.15) is 0 Å². The van der Waals surface area contributed by atoms with Crippen LogP contribution < -0.4 is 14.8 Å². The quantitative estimate of drug-likeness (QED) is 0.612. The average Bonchev–Trinajstić information content (AvgIpc) is 3.12. The standard InChI is InChI=1S/C22H23NO3S/c1-14-6-8-19(25-4)18(9-14)23-22(24)21-11-17(13-27-21)12-26-20-10-15(2)5-7-16(20)3/h5-11,13H,12H2,1-4H3,(H,23,24). The predicted octanol–water partition coefficient (Wildman–Crippen LogP) is 5.51. The zero-order valence-electron chi connectivity index (χ0n) is 16.0. The summed E-state index contributed by atoms with van der Waals surface area (Å²) in [6, 6.07) is 13.7. The van der Waals surface area contributed by atoms with Crippen LogP contribution in [0, 0.1) is 20.8 Å². The summed E-state index contributed by atoms with van der Waals surface area (Å²) in [6.07, 6.45) is 0. The number of aryl methyl sites for hydroxylation is 3. The molecule has 0 bridgehead atoms. The molecule has 0 aliphatic rings. The monoisotopic (exact) mass is 381 g/mol. The van der Waals surface area contributed by atoms with Crippen LogP contribution in [0.4, 0.5) is 5.69 Å². The van der Waals surface area contributed by atoms with Gasteiger partial charge >= 0.3 is 0 Å². The fraction of sp³-hybridized carbons (Fsp3) is 0.227. The first kappa shape index (κ1) is 19.0. The van der Waals surface area contributed by atoms with E-state index in [4.69, 9.17) is 9.47 Å². The van der Waals surface area contributed by atoms with E-state index in [1.54, 1.807) is 7.11 Å². The summed E-state index contributed by atoms with van der Waals surface area (Å²) in [5.74, 6) is 1.36. The molecule has 1 N–H and O–H groups in total. The fourth-order valence-corrected chi connectivity index (χ4v) is 3.49. The highest BCUT2D eigenvalue weighted by Crippen LogP contribution is 2.27. The second-order valence-corrected chi connectivity index (χ2v) is 7.45. The minimum Gasteiger partial charge on any atom is -0.495 e. The molecule has 0 aliphatic carbocycles. The molecule has 3 aromatic rings. The van der Waals surface area contributed by atoms with E-state index in [-0.39, 0.29) is 5.91 Å². The van der Waals surface area contributed by atoms with Crippen LogP contribution in [0.2, 0.25) is 0 Å². The first-order chi connectivity index (χ1) is 13.0. The average molecular weight is 381 g/mol. The van der Waals surface area contributed by atoms with E-state index < -0.39 is 0 Å². The molecule has 27 heavy (non-hydrogen) atoms. The first-order valence-corrected chi connectivity index (χ1v) is 9.57. The Morgan fingerprint density at radius 3 is 2.52 bits per heavy atom. The van der Waals surface area contributed by atoms with E-state index in [0.717, 1.165) is 28.0 Å². The van der Waals surface area contributed by atoms with Crippen molar-refractivity contribution in [1.29, 1.82) is 0 Å². The van der Waals surface area contributed by atoms with Gasteiger partial charge in [-0.15, -0.1) is 11.3 Å². The highest BCUT2D eigenvalue weighted by molar-refractivity contribution is 7.12. The lowest BCUT2D eigenvalue weighted by Gasteiger charge is -2.10. The Hall–Kier alpha value is -2.79. The molecule has 0 fully saturated rings. The third-order valence-electron chi connectivity index (χ3n) is 4.22. The van der Waals surface area contributed by atoms with Gasteiger partial charge in [-0.1, -0.05) is 18.2 Å². The van der Waals surface area contributed by atoms with E-state index >= 15 is 0 Å². The van der Waals surface area contributed by atoms with Crippen LogP contribution in [0.5, 0.6) is 11.5 Å². The van der Waals surface area contributed by atoms with Gasteiger partial charge < -0.3 is 14.8 Å². The van der Waals surface area contributed by atoms with E-state index in [1.807, 2.05) is 62.5 Å². The minimum atomic E-state index is -0.151. The maximum absolute atomic E-state index is 12.6. The van der Waals surface area contributed by atoms with Crippen molar-refractivity contribution in [2.45, 2.75) is 27.4 Å². The van der Waals surface area contributed by atoms with Crippen molar-refractivity contribution in [3.63, 3.8) is 0 Å². The molecule has 4 nitrogen and oxygen atoms in total. The molecule has 0 spiro atoms. The summed E-state index contributed by atoms with van der Waals surface area (Å²) < 4.78 is 11.2. The number of hydrogen-bond donors (Lipinski definition) is 1. The molecule has 0 atom stereocenters. The minimum absolute atomic E-state index is 0.151. The van der Waals surface area contributed by atoms with Crippen LogP contribution in [0.15, 0.2) is 47.8 Å². The number of thiophene rings is 1. The molecule has 5 heteroatoms. The van der Waals surface area contributed by atoms with Gasteiger partial charge in [0.25, 0.3) is 5.91 Å². The molecule has 1 amide bonds. The van der Waals surface area contributed by atoms with Crippen molar-refractivity contribution in [3.8, 4) is 11.5 Å². The summed E-state index contributed by atoms with van der Waals surface area (Å²) in [5, 5.41) is 4.88. The maximum Gasteiger partial charge on any atom is 0.265 e. The van der Waals surface area contributed by atoms with Crippen LogP contribution in [-0.4, -0.2) is 13.0 Å². The maximum atomic E-state index is 12.6. The third kappa shape index (κ3) is 4.68. The van der Waals surface area contributed by atoms with E-state index in [1.165, 1.54) is 11.3 Å². The van der Waals surface area contributed by atoms with Crippen LogP contribution in [0.3, 0.4) is 0 Å². The molecule has 1 aromatic heterocycles. The number of benzene rings is 2. The van der Waals surface area contributed by atoms with Crippen LogP contribution >= 0.6 is 11.3 Å². The van der Waals surface area contributed by atoms with Gasteiger partial charge in [0.1, 0.15) is 18.1 Å². The van der Waals surface area contributed by atoms with E-state index in [2.05, 4.69) is 11.4 Å². The van der Waals surface area contributed by atoms with Crippen molar-refractivity contribution in [2.24, 2.45) is 0 Å². The number of carbonyl (C=O) groups is 1. The normalized spacial score (nSPS) is 10.5. The Morgan fingerprint density at radius 2 is 1.74 bits per heavy atom. The van der Waals surface area contributed by atoms with Crippen LogP contribution in [-0.2, 0) is 6.61 Å². The highest BCUT2D eigenvalue weighted by Gasteiger charge is 2.13. The number of ether oxygens (including phenoxy) is 2. The number of methoxy groups -OCH3 is 1. The van der Waals surface area contributed by atoms with Crippen molar-refractivity contribution < 1.29 is 14.3 Å². The summed E-state index contributed by atoms with van der Waals surface area (Å²) >= 11 is 1.40. The van der Waals surface area contributed by atoms with Gasteiger partial charge in [-0.3, -0.25) is 4.79 Å². The van der Waals surface area contributed by atoms with E-state index in [9.17, 15) is 4.79 Å². The number of hydrogen-bond acceptors (Lipinski definition) is 4. The SMILES string of the molecule is COc1ccc(C)cc1NC(=O)c1cc(COc2cc(C)ccc2C)cs1. The van der Waals surface area contributed by atoms with Gasteiger partial charge in [0, 0.05) is 5.56 Å². The molecule has 0 aliphatic heterocycles. The molecule has 0 saturated heterocycles. The number of carbonyl (C=O) groups excluding carboxylic acids is 1. The molecule has 0 unspecified atom stereocenters. The van der Waals surface area contributed by atoms with Gasteiger partial charge in [-0.05, 0) is 67.1 Å². The highest BCUT2D eigenvalue weighted by atomic mass is 32.1. The number of nitrogens with one attached hydrogen (secondary N) is 1. The van der Waals surface area contributed by atoms with Gasteiger partial charge in [0.2, 0.25) is 0 Å². The Balaban J connectivity index is 1.67. The third-order valence-corrected chi connectivity index (χ3v) is 5.20. The smallest absolute Gasteiger partial charge is 0.265 e. The van der Waals surface area contributed by atoms with Crippen molar-refractivity contribution in [3.05, 3.63) is 75.0 Å². The zero-order valence-corrected chi connectivity index (χ0v) is 16.8. The van der Waals surface area contributed by atoms with Gasteiger partial charge in [-0.25, -0.2) is 0 Å². The summed E-state index contributed by atoms with van der Waals surface area (Å²) in [5.41, 5.74) is 4.96. The molecule has 2 aromatic carbocycles. The van der Waals surface area contributed by atoms with Crippen LogP contribution in [0.25, 0.3) is 0 Å². The molecular formula is C22H23NO3S. The topological polar surface area (TPSA) is 47.6 Å². The Kier molecular flexibility index (Phi) is 5.81. The first-order valence-electron chi connectivity index (χ1n) is 8.69. The van der Waals surface area contributed by atoms with Crippen molar-refractivity contribution in [2.75, 3.05) is 12.4 Å². The molecule has 3 rings (SSSR count). The molecule has 0 saturated carbocycles. The molecule has 1 heterocycles. The summed E-state index contributed by atoms with van der Waals surface area (Å²) in [7, 11) is 1.59. The van der Waals surface area contributed by atoms with Gasteiger partial charge in [0.05, 0.1) is 17.7 Å². The molecular weight excluding hydrogens is 358 g/mol. The lowest BCUT2D eigenvalue weighted by Crippen LogP contribution is -2.11. The Morgan fingerprint density at radius 1 is 1.00 bits per heavy atom. The van der Waals surface area contributed by atoms with Crippen molar-refractivity contribution >= 4 is 22.9 Å². The Bertz CT molecular complexity index is 962. The number of amides is 1. The largest absolute Gasteiger partial charge is 0.495 e. The Labute approximate surface area is 163 Å². The predicted molar refractivity (Wildman–Crippen MR) is 110 cm³/mol. The van der Waals surface area contributed by atoms with Gasteiger partial charge in [0.15, 0.2) is 0 Å².